The lowest BCUT2D eigenvalue weighted by molar-refractivity contribution is -0.114. The quantitative estimate of drug-likeness (QED) is 0.358. The Balaban J connectivity index is 1.59. The van der Waals surface area contributed by atoms with Crippen molar-refractivity contribution >= 4 is 34.4 Å². The van der Waals surface area contributed by atoms with Crippen LogP contribution in [0.15, 0.2) is 60.7 Å². The number of nitrogens with one attached hydrogen (secondary N) is 1. The van der Waals surface area contributed by atoms with E-state index in [2.05, 4.69) is 15.4 Å². The number of benzene rings is 2. The van der Waals surface area contributed by atoms with Gasteiger partial charge in [-0.1, -0.05) is 30.3 Å². The molecule has 0 radical (unpaired) electrons. The van der Waals surface area contributed by atoms with Crippen LogP contribution in [0.25, 0.3) is 22.3 Å². The van der Waals surface area contributed by atoms with Gasteiger partial charge in [-0.3, -0.25) is 14.3 Å². The number of hydrogen-bond acceptors (Lipinski definition) is 6. The molecule has 0 aliphatic heterocycles. The second-order valence-electron chi connectivity index (χ2n) is 7.59. The molecule has 8 nitrogen and oxygen atoms in total. The van der Waals surface area contributed by atoms with Gasteiger partial charge in [0.15, 0.2) is 18.0 Å². The van der Waals surface area contributed by atoms with E-state index >= 15 is 0 Å². The van der Waals surface area contributed by atoms with Gasteiger partial charge < -0.3 is 10.1 Å². The predicted octanol–water partition coefficient (Wildman–Crippen LogP) is 3.94. The molecule has 4 aromatic rings. The van der Waals surface area contributed by atoms with Gasteiger partial charge in [-0.2, -0.15) is 5.10 Å². The molecule has 2 heterocycles. The Labute approximate surface area is 190 Å². The van der Waals surface area contributed by atoms with E-state index in [-0.39, 0.29) is 11.7 Å². The SMILES string of the molecule is CC(=O)Nc1ccc(C(=O)COC(=O)c2cc(-c3ccccc3)nc3c2c(C)nn3C)cc1. The van der Waals surface area contributed by atoms with E-state index in [1.165, 1.54) is 6.92 Å². The number of hydrogen-bond donors (Lipinski definition) is 1. The number of fused-ring (bicyclic) bond motifs is 1. The van der Waals surface area contributed by atoms with Crippen molar-refractivity contribution in [2.75, 3.05) is 11.9 Å². The molecule has 33 heavy (non-hydrogen) atoms. The number of aromatic nitrogens is 3. The lowest BCUT2D eigenvalue weighted by atomic mass is 10.1. The van der Waals surface area contributed by atoms with E-state index in [1.807, 2.05) is 30.3 Å². The first-order valence-electron chi connectivity index (χ1n) is 10.3. The van der Waals surface area contributed by atoms with Crippen LogP contribution in [0.2, 0.25) is 0 Å². The third-order valence-corrected chi connectivity index (χ3v) is 5.12. The van der Waals surface area contributed by atoms with Crippen molar-refractivity contribution in [1.82, 2.24) is 14.8 Å². The Kier molecular flexibility index (Phi) is 5.99. The summed E-state index contributed by atoms with van der Waals surface area (Å²) in [5.41, 5.74) is 3.92. The van der Waals surface area contributed by atoms with Crippen LogP contribution < -0.4 is 5.32 Å². The van der Waals surface area contributed by atoms with Gasteiger partial charge in [-0.15, -0.1) is 0 Å². The summed E-state index contributed by atoms with van der Waals surface area (Å²) < 4.78 is 7.00. The minimum absolute atomic E-state index is 0.202. The maximum Gasteiger partial charge on any atom is 0.339 e. The van der Waals surface area contributed by atoms with Crippen LogP contribution in [0.4, 0.5) is 5.69 Å². The molecule has 0 aliphatic rings. The number of esters is 1. The number of pyridine rings is 1. The number of nitrogens with zero attached hydrogens (tertiary/aromatic N) is 3. The molecule has 0 fully saturated rings. The number of anilines is 1. The van der Waals surface area contributed by atoms with Gasteiger partial charge in [0, 0.05) is 30.8 Å². The van der Waals surface area contributed by atoms with Gasteiger partial charge >= 0.3 is 5.97 Å². The molecule has 8 heteroatoms. The Morgan fingerprint density at radius 3 is 2.39 bits per heavy atom. The molecule has 0 unspecified atom stereocenters. The molecule has 1 N–H and O–H groups in total. The molecule has 0 bridgehead atoms. The summed E-state index contributed by atoms with van der Waals surface area (Å²) in [6, 6.07) is 17.5. The van der Waals surface area contributed by atoms with E-state index < -0.39 is 12.6 Å². The van der Waals surface area contributed by atoms with Crippen molar-refractivity contribution in [2.45, 2.75) is 13.8 Å². The fourth-order valence-electron chi connectivity index (χ4n) is 3.60. The molecule has 2 aromatic carbocycles. The average Bonchev–Trinajstić information content (AvgIpc) is 3.10. The Morgan fingerprint density at radius 2 is 1.73 bits per heavy atom. The third-order valence-electron chi connectivity index (χ3n) is 5.12. The summed E-state index contributed by atoms with van der Waals surface area (Å²) in [7, 11) is 1.76. The van der Waals surface area contributed by atoms with Crippen LogP contribution in [-0.4, -0.2) is 39.0 Å². The molecule has 0 saturated heterocycles. The van der Waals surface area contributed by atoms with Crippen LogP contribution in [-0.2, 0) is 16.6 Å². The van der Waals surface area contributed by atoms with Gasteiger partial charge in [0.05, 0.1) is 22.3 Å². The summed E-state index contributed by atoms with van der Waals surface area (Å²) in [5.74, 6) is -1.18. The van der Waals surface area contributed by atoms with Crippen molar-refractivity contribution in [3.05, 3.63) is 77.5 Å². The summed E-state index contributed by atoms with van der Waals surface area (Å²) in [6.45, 7) is 2.79. The minimum Gasteiger partial charge on any atom is -0.454 e. The Morgan fingerprint density at radius 1 is 1.03 bits per heavy atom. The number of amides is 1. The number of carbonyl (C=O) groups is 3. The number of aryl methyl sites for hydroxylation is 2. The summed E-state index contributed by atoms with van der Waals surface area (Å²) in [6.07, 6.45) is 0. The minimum atomic E-state index is -0.626. The summed E-state index contributed by atoms with van der Waals surface area (Å²) in [4.78, 5) is 41.4. The number of rotatable bonds is 6. The lowest BCUT2D eigenvalue weighted by Gasteiger charge is -2.09. The van der Waals surface area contributed by atoms with E-state index in [0.29, 0.717) is 39.2 Å². The normalized spacial score (nSPS) is 10.8. The van der Waals surface area contributed by atoms with E-state index in [0.717, 1.165) is 5.56 Å². The van der Waals surface area contributed by atoms with Crippen LogP contribution in [0.5, 0.6) is 0 Å². The van der Waals surface area contributed by atoms with Gasteiger partial charge in [0.2, 0.25) is 5.91 Å². The highest BCUT2D eigenvalue weighted by atomic mass is 16.5. The highest BCUT2D eigenvalue weighted by Gasteiger charge is 2.21. The molecule has 2 aromatic heterocycles. The second kappa shape index (κ2) is 9.04. The number of Topliss-reactive ketones (excluding diaryl/α,β-unsaturated/α-hetero) is 1. The van der Waals surface area contributed by atoms with Crippen LogP contribution >= 0.6 is 0 Å². The molecule has 1 amide bonds. The summed E-state index contributed by atoms with van der Waals surface area (Å²) in [5, 5.41) is 7.62. The van der Waals surface area contributed by atoms with Gasteiger partial charge in [-0.25, -0.2) is 9.78 Å². The standard InChI is InChI=1S/C25H22N4O4/c1-15-23-20(13-21(17-7-5-4-6-8-17)27-24(23)29(3)28-15)25(32)33-14-22(31)18-9-11-19(12-10-18)26-16(2)30/h4-13H,14H2,1-3H3,(H,26,30). The lowest BCUT2D eigenvalue weighted by Crippen LogP contribution is -2.15. The van der Waals surface area contributed by atoms with Gasteiger partial charge in [-0.05, 0) is 37.3 Å². The van der Waals surface area contributed by atoms with Gasteiger partial charge in [0.1, 0.15) is 0 Å². The number of carbonyl (C=O) groups excluding carboxylic acids is 3. The first-order valence-corrected chi connectivity index (χ1v) is 10.3. The zero-order valence-corrected chi connectivity index (χ0v) is 18.5. The number of ether oxygens (including phenoxy) is 1. The molecule has 0 aliphatic carbocycles. The Hall–Kier alpha value is -4.33. The summed E-state index contributed by atoms with van der Waals surface area (Å²) >= 11 is 0. The zero-order chi connectivity index (χ0) is 23.5. The second-order valence-corrected chi connectivity index (χ2v) is 7.59. The maximum atomic E-state index is 13.0. The molecule has 0 saturated carbocycles. The third kappa shape index (κ3) is 4.64. The molecule has 0 atom stereocenters. The van der Waals surface area contributed by atoms with Crippen molar-refractivity contribution in [2.24, 2.45) is 7.05 Å². The van der Waals surface area contributed by atoms with Crippen molar-refractivity contribution in [3.8, 4) is 11.3 Å². The van der Waals surface area contributed by atoms with Crippen LogP contribution in [0.1, 0.15) is 33.3 Å². The predicted molar refractivity (Wildman–Crippen MR) is 124 cm³/mol. The fourth-order valence-corrected chi connectivity index (χ4v) is 3.60. The average molecular weight is 442 g/mol. The fraction of sp³-hybridized carbons (Fsp3) is 0.160. The maximum absolute atomic E-state index is 13.0. The molecule has 0 spiro atoms. The molecular formula is C25H22N4O4. The zero-order valence-electron chi connectivity index (χ0n) is 18.5. The molecule has 4 rings (SSSR count). The van der Waals surface area contributed by atoms with E-state index in [9.17, 15) is 14.4 Å². The molecule has 166 valence electrons. The van der Waals surface area contributed by atoms with Crippen LogP contribution in [0, 0.1) is 6.92 Å². The van der Waals surface area contributed by atoms with Crippen molar-refractivity contribution < 1.29 is 19.1 Å². The largest absolute Gasteiger partial charge is 0.454 e. The Bertz CT molecular complexity index is 1360. The van der Waals surface area contributed by atoms with Crippen LogP contribution in [0.3, 0.4) is 0 Å². The van der Waals surface area contributed by atoms with Crippen molar-refractivity contribution in [1.29, 1.82) is 0 Å². The first kappa shape index (κ1) is 21.9. The smallest absolute Gasteiger partial charge is 0.339 e. The highest BCUT2D eigenvalue weighted by molar-refractivity contribution is 6.06. The first-order chi connectivity index (χ1) is 15.8. The van der Waals surface area contributed by atoms with Gasteiger partial charge in [0.25, 0.3) is 0 Å². The number of ketones is 1. The van der Waals surface area contributed by atoms with Crippen molar-refractivity contribution in [3.63, 3.8) is 0 Å². The van der Waals surface area contributed by atoms with E-state index in [4.69, 9.17) is 4.74 Å². The topological polar surface area (TPSA) is 103 Å². The van der Waals surface area contributed by atoms with E-state index in [1.54, 1.807) is 49.0 Å². The molecular weight excluding hydrogens is 420 g/mol. The highest BCUT2D eigenvalue weighted by Crippen LogP contribution is 2.27. The monoisotopic (exact) mass is 442 g/mol.